The van der Waals surface area contributed by atoms with Crippen LogP contribution in [0.3, 0.4) is 0 Å². The molecule has 2 aromatic carbocycles. The molecule has 2 heterocycles. The first kappa shape index (κ1) is 18.5. The highest BCUT2D eigenvalue weighted by molar-refractivity contribution is 8.00. The number of aromatic nitrogens is 1. The number of benzene rings is 2. The molecule has 140 valence electrons. The van der Waals surface area contributed by atoms with E-state index in [9.17, 15) is 4.79 Å². The Balaban J connectivity index is 1.32. The highest BCUT2D eigenvalue weighted by Crippen LogP contribution is 2.31. The van der Waals surface area contributed by atoms with E-state index in [2.05, 4.69) is 21.6 Å². The van der Waals surface area contributed by atoms with Crippen LogP contribution in [-0.2, 0) is 5.75 Å². The maximum atomic E-state index is 12.2. The van der Waals surface area contributed by atoms with Crippen LogP contribution in [0, 0.1) is 6.92 Å². The molecule has 4 aromatic rings. The Morgan fingerprint density at radius 1 is 1.18 bits per heavy atom. The van der Waals surface area contributed by atoms with E-state index in [1.165, 1.54) is 10.9 Å². The van der Waals surface area contributed by atoms with Crippen molar-refractivity contribution in [1.82, 2.24) is 10.4 Å². The third kappa shape index (κ3) is 4.49. The molecular weight excluding hydrogens is 390 g/mol. The number of thiazole rings is 1. The number of hydrazone groups is 1. The minimum absolute atomic E-state index is 0.259. The lowest BCUT2D eigenvalue weighted by Crippen LogP contribution is -2.17. The van der Waals surface area contributed by atoms with E-state index in [4.69, 9.17) is 4.42 Å². The smallest absolute Gasteiger partial charge is 0.271 e. The van der Waals surface area contributed by atoms with Gasteiger partial charge in [0.2, 0.25) is 0 Å². The van der Waals surface area contributed by atoms with E-state index in [0.29, 0.717) is 11.3 Å². The standard InChI is InChI=1S/C21H17N3O2S2/c1-14-6-11-17(26-14)12-22-24-20(25)16-9-7-15(8-10-16)13-27-21-23-18-4-2-3-5-19(18)28-21/h2-12H,13H2,1H3,(H,24,25)/b22-12-. The number of aryl methyl sites for hydroxylation is 1. The molecule has 0 spiro atoms. The molecule has 0 radical (unpaired) electrons. The summed E-state index contributed by atoms with van der Waals surface area (Å²) in [4.78, 5) is 16.8. The summed E-state index contributed by atoms with van der Waals surface area (Å²) in [5, 5.41) is 3.92. The Morgan fingerprint density at radius 3 is 2.75 bits per heavy atom. The van der Waals surface area contributed by atoms with Crippen LogP contribution in [0.4, 0.5) is 0 Å². The first-order valence-corrected chi connectivity index (χ1v) is 10.4. The molecular formula is C21H17N3O2S2. The Bertz CT molecular complexity index is 1100. The van der Waals surface area contributed by atoms with Gasteiger partial charge in [0.25, 0.3) is 5.91 Å². The van der Waals surface area contributed by atoms with Crippen LogP contribution < -0.4 is 5.43 Å². The minimum atomic E-state index is -0.259. The number of furan rings is 1. The van der Waals surface area contributed by atoms with Gasteiger partial charge in [-0.15, -0.1) is 11.3 Å². The van der Waals surface area contributed by atoms with Gasteiger partial charge in [0.05, 0.1) is 16.4 Å². The molecule has 0 fully saturated rings. The lowest BCUT2D eigenvalue weighted by atomic mass is 10.1. The molecule has 5 nitrogen and oxygen atoms in total. The molecule has 1 amide bonds. The summed E-state index contributed by atoms with van der Waals surface area (Å²) in [5.74, 6) is 1.94. The highest BCUT2D eigenvalue weighted by Gasteiger charge is 2.07. The molecule has 4 rings (SSSR count). The van der Waals surface area contributed by atoms with E-state index in [0.717, 1.165) is 26.9 Å². The van der Waals surface area contributed by atoms with Gasteiger partial charge in [-0.05, 0) is 48.9 Å². The van der Waals surface area contributed by atoms with Gasteiger partial charge >= 0.3 is 0 Å². The number of nitrogens with zero attached hydrogens (tertiary/aromatic N) is 2. The van der Waals surface area contributed by atoms with Crippen LogP contribution in [-0.4, -0.2) is 17.1 Å². The molecule has 0 bridgehead atoms. The fourth-order valence-electron chi connectivity index (χ4n) is 2.55. The Hall–Kier alpha value is -2.90. The third-order valence-corrected chi connectivity index (χ3v) is 6.22. The number of fused-ring (bicyclic) bond motifs is 1. The van der Waals surface area contributed by atoms with Crippen molar-refractivity contribution < 1.29 is 9.21 Å². The van der Waals surface area contributed by atoms with E-state index in [1.54, 1.807) is 41.3 Å². The average Bonchev–Trinajstić information content (AvgIpc) is 3.32. The van der Waals surface area contributed by atoms with Crippen LogP contribution in [0.25, 0.3) is 10.2 Å². The van der Waals surface area contributed by atoms with Gasteiger partial charge < -0.3 is 4.42 Å². The fraction of sp³-hybridized carbons (Fsp3) is 0.0952. The first-order chi connectivity index (χ1) is 13.7. The quantitative estimate of drug-likeness (QED) is 0.269. The number of para-hydroxylation sites is 1. The van der Waals surface area contributed by atoms with Crippen LogP contribution in [0.1, 0.15) is 27.4 Å². The maximum Gasteiger partial charge on any atom is 0.271 e. The molecule has 1 N–H and O–H groups in total. The number of hydrogen-bond acceptors (Lipinski definition) is 6. The number of thioether (sulfide) groups is 1. The maximum absolute atomic E-state index is 12.2. The van der Waals surface area contributed by atoms with Crippen molar-refractivity contribution in [3.05, 3.63) is 83.3 Å². The Morgan fingerprint density at radius 2 is 2.00 bits per heavy atom. The fourth-order valence-corrected chi connectivity index (χ4v) is 4.58. The van der Waals surface area contributed by atoms with Gasteiger partial charge in [-0.1, -0.05) is 36.0 Å². The second kappa shape index (κ2) is 8.41. The summed E-state index contributed by atoms with van der Waals surface area (Å²) >= 11 is 3.40. The topological polar surface area (TPSA) is 67.5 Å². The molecule has 0 saturated carbocycles. The molecule has 0 aliphatic rings. The lowest BCUT2D eigenvalue weighted by Gasteiger charge is -2.02. The SMILES string of the molecule is Cc1ccc(/C=N\NC(=O)c2ccc(CSc3nc4ccccc4s3)cc2)o1. The summed E-state index contributed by atoms with van der Waals surface area (Å²) in [6, 6.07) is 19.3. The van der Waals surface area contributed by atoms with E-state index >= 15 is 0 Å². The molecule has 0 aliphatic carbocycles. The number of nitrogens with one attached hydrogen (secondary N) is 1. The number of carbonyl (C=O) groups is 1. The van der Waals surface area contributed by atoms with Gasteiger partial charge in [0.1, 0.15) is 11.5 Å². The van der Waals surface area contributed by atoms with Crippen molar-refractivity contribution in [2.75, 3.05) is 0 Å². The Labute approximate surface area is 170 Å². The van der Waals surface area contributed by atoms with Crippen molar-refractivity contribution >= 4 is 45.4 Å². The average molecular weight is 408 g/mol. The van der Waals surface area contributed by atoms with Gasteiger partial charge in [0.15, 0.2) is 4.34 Å². The minimum Gasteiger partial charge on any atom is -0.460 e. The van der Waals surface area contributed by atoms with Crippen LogP contribution >= 0.6 is 23.1 Å². The monoisotopic (exact) mass is 407 g/mol. The molecule has 2 aromatic heterocycles. The second-order valence-corrected chi connectivity index (χ2v) is 8.33. The van der Waals surface area contributed by atoms with Crippen molar-refractivity contribution in [1.29, 1.82) is 0 Å². The number of hydrogen-bond donors (Lipinski definition) is 1. The summed E-state index contributed by atoms with van der Waals surface area (Å²) in [5.41, 5.74) is 5.23. The predicted octanol–water partition coefficient (Wildman–Crippen LogP) is 5.25. The van der Waals surface area contributed by atoms with Crippen LogP contribution in [0.5, 0.6) is 0 Å². The second-order valence-electron chi connectivity index (χ2n) is 6.08. The Kier molecular flexibility index (Phi) is 5.55. The van der Waals surface area contributed by atoms with Gasteiger partial charge in [-0.2, -0.15) is 5.10 Å². The van der Waals surface area contributed by atoms with Crippen LogP contribution in [0.15, 0.2) is 74.5 Å². The molecule has 28 heavy (non-hydrogen) atoms. The van der Waals surface area contributed by atoms with E-state index in [-0.39, 0.29) is 5.91 Å². The largest absolute Gasteiger partial charge is 0.460 e. The zero-order valence-corrected chi connectivity index (χ0v) is 16.7. The predicted molar refractivity (Wildman–Crippen MR) is 114 cm³/mol. The normalized spacial score (nSPS) is 11.3. The van der Waals surface area contributed by atoms with E-state index in [1.807, 2.05) is 43.3 Å². The van der Waals surface area contributed by atoms with Crippen molar-refractivity contribution in [3.63, 3.8) is 0 Å². The molecule has 0 aliphatic heterocycles. The zero-order chi connectivity index (χ0) is 19.3. The van der Waals surface area contributed by atoms with Gasteiger partial charge in [0, 0.05) is 11.3 Å². The third-order valence-electron chi connectivity index (χ3n) is 3.97. The summed E-state index contributed by atoms with van der Waals surface area (Å²) in [6.45, 7) is 1.85. The molecule has 0 atom stereocenters. The van der Waals surface area contributed by atoms with Crippen molar-refractivity contribution in [2.24, 2.45) is 5.10 Å². The molecule has 0 unspecified atom stereocenters. The molecule has 7 heteroatoms. The lowest BCUT2D eigenvalue weighted by molar-refractivity contribution is 0.0955. The molecule has 0 saturated heterocycles. The number of carbonyl (C=O) groups excluding carboxylic acids is 1. The zero-order valence-electron chi connectivity index (χ0n) is 15.1. The van der Waals surface area contributed by atoms with E-state index < -0.39 is 0 Å². The van der Waals surface area contributed by atoms with Crippen molar-refractivity contribution in [3.8, 4) is 0 Å². The number of rotatable bonds is 6. The van der Waals surface area contributed by atoms with Crippen LogP contribution in [0.2, 0.25) is 0 Å². The van der Waals surface area contributed by atoms with Gasteiger partial charge in [-0.25, -0.2) is 10.4 Å². The summed E-state index contributed by atoms with van der Waals surface area (Å²) in [6.07, 6.45) is 1.48. The number of amides is 1. The van der Waals surface area contributed by atoms with Crippen molar-refractivity contribution in [2.45, 2.75) is 17.0 Å². The van der Waals surface area contributed by atoms with Gasteiger partial charge in [-0.3, -0.25) is 4.79 Å². The highest BCUT2D eigenvalue weighted by atomic mass is 32.2. The first-order valence-electron chi connectivity index (χ1n) is 8.64. The summed E-state index contributed by atoms with van der Waals surface area (Å²) < 4.78 is 7.61. The summed E-state index contributed by atoms with van der Waals surface area (Å²) in [7, 11) is 0.